The molecule has 15 heteroatoms. The lowest BCUT2D eigenvalue weighted by molar-refractivity contribution is -0.166. The van der Waals surface area contributed by atoms with E-state index in [1.165, 1.54) is 48.5 Å². The van der Waals surface area contributed by atoms with Crippen molar-refractivity contribution in [2.45, 2.75) is 17.7 Å². The second kappa shape index (κ2) is 18.2. The molecule has 0 aliphatic rings. The number of pyridine rings is 1. The number of benzene rings is 5. The number of fused-ring (bicyclic) bond motifs is 1. The first kappa shape index (κ1) is 42.5. The highest BCUT2D eigenvalue weighted by molar-refractivity contribution is 6.31. The zero-order valence-electron chi connectivity index (χ0n) is 31.9. The number of ether oxygens (including phenoxy) is 2. The van der Waals surface area contributed by atoms with Crippen LogP contribution in [0.5, 0.6) is 0 Å². The molecule has 3 atom stereocenters. The predicted molar refractivity (Wildman–Crippen MR) is 225 cm³/mol. The number of halogens is 2. The van der Waals surface area contributed by atoms with Crippen molar-refractivity contribution in [1.82, 2.24) is 14.1 Å². The third kappa shape index (κ3) is 9.13. The number of aliphatic carboxylic acids is 2. The maximum absolute atomic E-state index is 12.8. The van der Waals surface area contributed by atoms with E-state index in [4.69, 9.17) is 38.4 Å². The van der Waals surface area contributed by atoms with Gasteiger partial charge in [0, 0.05) is 35.6 Å². The SMILES string of the molecule is Cn1cncc1[C@@](N)(c1ccc(Cl)cc1)c1ccc2c(c1)c(-c1cccc(Cl)c1)cc(=O)n2C.O=C(O[C@@H](C(=O)O)[C@@H](OC(=O)c1ccccc1)C(=O)O)c1ccccc1. The van der Waals surface area contributed by atoms with Gasteiger partial charge in [-0.1, -0.05) is 89.9 Å². The number of carboxylic acids is 2. The quantitative estimate of drug-likeness (QED) is 0.112. The number of rotatable bonds is 11. The standard InChI is InChI=1S/C27H22Cl2N4O.C18H14O8/c1-32-16-31-15-25(32)27(30,18-6-9-20(28)10-7-18)19-8-11-24-23(13-19)22(14-26(34)33(24)2)17-4-3-5-21(29)12-17;19-15(20)13(25-17(23)11-7-3-1-4-8-11)14(16(21)22)26-18(24)12-9-5-2-6-10-12/h3-16H,30H2,1-2H3;1-10,13-14H,(H,19,20)(H,21,22)/t27-;13-,14-/m11/s1. The van der Waals surface area contributed by atoms with Gasteiger partial charge in [0.05, 0.1) is 34.9 Å². The molecule has 0 bridgehead atoms. The molecule has 5 aromatic carbocycles. The molecule has 2 aromatic heterocycles. The van der Waals surface area contributed by atoms with Gasteiger partial charge < -0.3 is 34.6 Å². The Labute approximate surface area is 352 Å². The summed E-state index contributed by atoms with van der Waals surface area (Å²) in [5, 5.41) is 20.6. The van der Waals surface area contributed by atoms with E-state index in [2.05, 4.69) is 4.98 Å². The van der Waals surface area contributed by atoms with Crippen molar-refractivity contribution in [3.8, 4) is 11.1 Å². The minimum atomic E-state index is -2.21. The molecular formula is C45H36Cl2N4O9. The summed E-state index contributed by atoms with van der Waals surface area (Å²) in [6.07, 6.45) is -0.923. The van der Waals surface area contributed by atoms with E-state index in [0.29, 0.717) is 10.0 Å². The molecule has 7 aromatic rings. The van der Waals surface area contributed by atoms with Crippen LogP contribution in [0, 0.1) is 0 Å². The van der Waals surface area contributed by atoms with Gasteiger partial charge in [-0.05, 0) is 82.9 Å². The van der Waals surface area contributed by atoms with Gasteiger partial charge in [0.25, 0.3) is 5.56 Å². The van der Waals surface area contributed by atoms with Crippen molar-refractivity contribution < 1.29 is 38.9 Å². The van der Waals surface area contributed by atoms with Crippen molar-refractivity contribution in [1.29, 1.82) is 0 Å². The number of imidazole rings is 1. The molecule has 0 aliphatic heterocycles. The minimum absolute atomic E-state index is 0.0253. The second-order valence-corrected chi connectivity index (χ2v) is 14.3. The van der Waals surface area contributed by atoms with Crippen LogP contribution in [0.2, 0.25) is 10.0 Å². The first-order valence-electron chi connectivity index (χ1n) is 18.1. The Morgan fingerprint density at radius 2 is 1.23 bits per heavy atom. The smallest absolute Gasteiger partial charge is 0.349 e. The number of nitrogens with zero attached hydrogens (tertiary/aromatic N) is 3. The number of hydrogen-bond donors (Lipinski definition) is 3. The summed E-state index contributed by atoms with van der Waals surface area (Å²) in [4.78, 5) is 63.9. The fourth-order valence-electron chi connectivity index (χ4n) is 6.51. The molecule has 7 rings (SSSR count). The highest BCUT2D eigenvalue weighted by atomic mass is 35.5. The molecule has 0 spiro atoms. The third-order valence-electron chi connectivity index (χ3n) is 9.61. The van der Waals surface area contributed by atoms with Crippen LogP contribution in [0.3, 0.4) is 0 Å². The van der Waals surface area contributed by atoms with Crippen LogP contribution >= 0.6 is 23.2 Å². The molecular weight excluding hydrogens is 811 g/mol. The van der Waals surface area contributed by atoms with Crippen LogP contribution in [0.1, 0.15) is 37.5 Å². The maximum atomic E-state index is 12.8. The van der Waals surface area contributed by atoms with Crippen LogP contribution in [0.4, 0.5) is 0 Å². The normalized spacial score (nSPS) is 12.9. The van der Waals surface area contributed by atoms with E-state index in [0.717, 1.165) is 38.9 Å². The van der Waals surface area contributed by atoms with E-state index in [9.17, 15) is 34.2 Å². The van der Waals surface area contributed by atoms with Gasteiger partial charge in [-0.3, -0.25) is 4.79 Å². The van der Waals surface area contributed by atoms with Crippen LogP contribution in [-0.4, -0.2) is 60.4 Å². The van der Waals surface area contributed by atoms with E-state index in [1.54, 1.807) is 42.3 Å². The number of esters is 2. The van der Waals surface area contributed by atoms with E-state index in [-0.39, 0.29) is 16.7 Å². The second-order valence-electron chi connectivity index (χ2n) is 13.5. The molecule has 304 valence electrons. The largest absolute Gasteiger partial charge is 0.478 e. The maximum Gasteiger partial charge on any atom is 0.349 e. The average Bonchev–Trinajstić information content (AvgIpc) is 3.69. The van der Waals surface area contributed by atoms with Gasteiger partial charge in [0.2, 0.25) is 12.2 Å². The Bertz CT molecular complexity index is 2690. The first-order valence-corrected chi connectivity index (χ1v) is 18.8. The molecule has 0 amide bonds. The van der Waals surface area contributed by atoms with Gasteiger partial charge in [-0.15, -0.1) is 0 Å². The fourth-order valence-corrected chi connectivity index (χ4v) is 6.83. The summed E-state index contributed by atoms with van der Waals surface area (Å²) in [5.74, 6) is -5.63. The lowest BCUT2D eigenvalue weighted by Crippen LogP contribution is -2.45. The number of aromatic nitrogens is 3. The van der Waals surface area contributed by atoms with Crippen molar-refractivity contribution in [3.63, 3.8) is 0 Å². The van der Waals surface area contributed by atoms with Crippen molar-refractivity contribution in [3.05, 3.63) is 194 Å². The number of nitrogens with two attached hydrogens (primary N) is 1. The molecule has 0 radical (unpaired) electrons. The van der Waals surface area contributed by atoms with E-state index >= 15 is 0 Å². The summed E-state index contributed by atoms with van der Waals surface area (Å²) in [6, 6.07) is 37.4. The Morgan fingerprint density at radius 3 is 1.73 bits per heavy atom. The summed E-state index contributed by atoms with van der Waals surface area (Å²) in [7, 11) is 3.68. The topological polar surface area (TPSA) is 193 Å². The number of carbonyl (C=O) groups excluding carboxylic acids is 2. The number of aryl methyl sites for hydroxylation is 2. The van der Waals surface area contributed by atoms with Gasteiger partial charge >= 0.3 is 23.9 Å². The molecule has 13 nitrogen and oxygen atoms in total. The van der Waals surface area contributed by atoms with Gasteiger partial charge in [0.1, 0.15) is 5.54 Å². The third-order valence-corrected chi connectivity index (χ3v) is 10.1. The molecule has 0 unspecified atom stereocenters. The molecule has 0 saturated heterocycles. The van der Waals surface area contributed by atoms with Gasteiger partial charge in [0.15, 0.2) is 0 Å². The van der Waals surface area contributed by atoms with Crippen molar-refractivity contribution >= 4 is 58.0 Å². The van der Waals surface area contributed by atoms with Crippen molar-refractivity contribution in [2.75, 3.05) is 0 Å². The zero-order valence-corrected chi connectivity index (χ0v) is 33.5. The number of carbonyl (C=O) groups is 4. The Hall–Kier alpha value is -7.06. The summed E-state index contributed by atoms with van der Waals surface area (Å²) in [5.41, 5.74) is 11.2. The highest BCUT2D eigenvalue weighted by Gasteiger charge is 2.41. The Kier molecular flexibility index (Phi) is 12.9. The average molecular weight is 848 g/mol. The summed E-state index contributed by atoms with van der Waals surface area (Å²) >= 11 is 12.4. The lowest BCUT2D eigenvalue weighted by atomic mass is 9.80. The molecule has 2 heterocycles. The van der Waals surface area contributed by atoms with Crippen LogP contribution < -0.4 is 11.3 Å². The lowest BCUT2D eigenvalue weighted by Gasteiger charge is -2.31. The fraction of sp³-hybridized carbons (Fsp3) is 0.111. The van der Waals surface area contributed by atoms with Crippen LogP contribution in [-0.2, 0) is 38.7 Å². The zero-order chi connectivity index (χ0) is 43.1. The first-order chi connectivity index (χ1) is 28.7. The van der Waals surface area contributed by atoms with E-state index in [1.807, 2.05) is 78.3 Å². The van der Waals surface area contributed by atoms with Crippen LogP contribution in [0.15, 0.2) is 151 Å². The molecule has 0 aliphatic carbocycles. The monoisotopic (exact) mass is 846 g/mol. The molecule has 0 saturated carbocycles. The number of carboxylic acid groups (broad SMARTS) is 2. The Balaban J connectivity index is 0.000000209. The Morgan fingerprint density at radius 1 is 0.683 bits per heavy atom. The number of hydrogen-bond acceptors (Lipinski definition) is 9. The van der Waals surface area contributed by atoms with Gasteiger partial charge in [-0.25, -0.2) is 24.2 Å². The summed E-state index contributed by atoms with van der Waals surface area (Å²) < 4.78 is 13.1. The molecule has 60 heavy (non-hydrogen) atoms. The molecule has 0 fully saturated rings. The van der Waals surface area contributed by atoms with Crippen LogP contribution in [0.25, 0.3) is 22.0 Å². The predicted octanol–water partition coefficient (Wildman–Crippen LogP) is 7.10. The van der Waals surface area contributed by atoms with Crippen molar-refractivity contribution in [2.24, 2.45) is 19.8 Å². The van der Waals surface area contributed by atoms with E-state index < -0.39 is 41.6 Å². The minimum Gasteiger partial charge on any atom is -0.478 e. The summed E-state index contributed by atoms with van der Waals surface area (Å²) in [6.45, 7) is 0. The van der Waals surface area contributed by atoms with Gasteiger partial charge in [-0.2, -0.15) is 0 Å². The highest BCUT2D eigenvalue weighted by Crippen LogP contribution is 2.38. The molecule has 4 N–H and O–H groups in total.